The molecule has 0 radical (unpaired) electrons. The van der Waals surface area contributed by atoms with E-state index >= 15 is 0 Å². The van der Waals surface area contributed by atoms with Crippen molar-refractivity contribution >= 4 is 16.7 Å². The van der Waals surface area contributed by atoms with Crippen LogP contribution >= 0.6 is 0 Å². The maximum Gasteiger partial charge on any atom is 0.255 e. The van der Waals surface area contributed by atoms with E-state index in [0.29, 0.717) is 22.3 Å². The van der Waals surface area contributed by atoms with E-state index in [1.807, 2.05) is 13.0 Å². The first-order valence-electron chi connectivity index (χ1n) is 7.40. The van der Waals surface area contributed by atoms with Crippen LogP contribution in [0.3, 0.4) is 0 Å². The number of fused-ring (bicyclic) bond motifs is 1. The molecule has 1 heterocycles. The van der Waals surface area contributed by atoms with E-state index in [1.54, 1.807) is 18.2 Å². The summed E-state index contributed by atoms with van der Waals surface area (Å²) in [6.45, 7) is 6.35. The maximum absolute atomic E-state index is 12.4. The fraction of sp³-hybridized carbons (Fsp3) is 0.412. The average molecular weight is 286 g/mol. The van der Waals surface area contributed by atoms with Crippen LogP contribution in [0, 0.1) is 5.92 Å². The molecule has 112 valence electrons. The van der Waals surface area contributed by atoms with Gasteiger partial charge in [-0.3, -0.25) is 9.59 Å². The lowest BCUT2D eigenvalue weighted by Crippen LogP contribution is -2.33. The van der Waals surface area contributed by atoms with Crippen LogP contribution < -0.4 is 10.9 Å². The minimum atomic E-state index is -0.171. The normalized spacial score (nSPS) is 12.6. The summed E-state index contributed by atoms with van der Waals surface area (Å²) < 4.78 is 0. The minimum absolute atomic E-state index is 0.116. The predicted octanol–water partition coefficient (Wildman–Crippen LogP) is 3.08. The molecule has 0 fully saturated rings. The summed E-state index contributed by atoms with van der Waals surface area (Å²) in [4.78, 5) is 26.8. The van der Waals surface area contributed by atoms with Gasteiger partial charge in [-0.1, -0.05) is 32.0 Å². The minimum Gasteiger partial charge on any atom is -0.350 e. The van der Waals surface area contributed by atoms with Crippen molar-refractivity contribution in [3.63, 3.8) is 0 Å². The molecule has 1 atom stereocenters. The van der Waals surface area contributed by atoms with E-state index in [-0.39, 0.29) is 17.5 Å². The first kappa shape index (κ1) is 15.3. The maximum atomic E-state index is 12.4. The summed E-state index contributed by atoms with van der Waals surface area (Å²) in [7, 11) is 0. The highest BCUT2D eigenvalue weighted by Gasteiger charge is 2.14. The molecule has 0 saturated carbocycles. The molecule has 2 aromatic rings. The second-order valence-corrected chi connectivity index (χ2v) is 5.92. The molecule has 2 rings (SSSR count). The van der Waals surface area contributed by atoms with Gasteiger partial charge in [0.15, 0.2) is 0 Å². The van der Waals surface area contributed by atoms with E-state index in [0.717, 1.165) is 12.8 Å². The van der Waals surface area contributed by atoms with Gasteiger partial charge in [0.05, 0.1) is 5.56 Å². The monoisotopic (exact) mass is 286 g/mol. The summed E-state index contributed by atoms with van der Waals surface area (Å²) in [5.74, 6) is 0.483. The van der Waals surface area contributed by atoms with Crippen molar-refractivity contribution in [1.82, 2.24) is 10.3 Å². The molecule has 0 aliphatic heterocycles. The summed E-state index contributed by atoms with van der Waals surface area (Å²) >= 11 is 0. The van der Waals surface area contributed by atoms with Gasteiger partial charge in [0.2, 0.25) is 0 Å². The van der Waals surface area contributed by atoms with Gasteiger partial charge in [-0.05, 0) is 31.7 Å². The van der Waals surface area contributed by atoms with Crippen molar-refractivity contribution in [2.24, 2.45) is 5.92 Å². The molecule has 0 spiro atoms. The molecular weight excluding hydrogens is 264 g/mol. The van der Waals surface area contributed by atoms with Crippen molar-refractivity contribution in [2.45, 2.75) is 39.7 Å². The first-order valence-corrected chi connectivity index (χ1v) is 7.40. The number of hydrogen-bond donors (Lipinski definition) is 2. The van der Waals surface area contributed by atoms with E-state index in [9.17, 15) is 9.59 Å². The Balaban J connectivity index is 2.20. The number of benzene rings is 1. The molecular formula is C17H22N2O2. The van der Waals surface area contributed by atoms with Gasteiger partial charge in [-0.15, -0.1) is 0 Å². The third-order valence-electron chi connectivity index (χ3n) is 3.61. The third kappa shape index (κ3) is 3.72. The van der Waals surface area contributed by atoms with Gasteiger partial charge >= 0.3 is 0 Å². The number of H-pyrrole nitrogens is 1. The highest BCUT2D eigenvalue weighted by atomic mass is 16.2. The van der Waals surface area contributed by atoms with Crippen molar-refractivity contribution in [3.8, 4) is 0 Å². The van der Waals surface area contributed by atoms with E-state index in [4.69, 9.17) is 0 Å². The Morgan fingerprint density at radius 3 is 2.48 bits per heavy atom. The van der Waals surface area contributed by atoms with Crippen molar-refractivity contribution in [1.29, 1.82) is 0 Å². The molecule has 1 amide bonds. The van der Waals surface area contributed by atoms with Crippen LogP contribution in [-0.2, 0) is 0 Å². The Kier molecular flexibility index (Phi) is 4.78. The molecule has 4 heteroatoms. The summed E-state index contributed by atoms with van der Waals surface area (Å²) in [5, 5.41) is 4.23. The number of carbonyl (C=O) groups is 1. The molecule has 2 N–H and O–H groups in total. The summed E-state index contributed by atoms with van der Waals surface area (Å²) in [6.07, 6.45) is 3.52. The molecule has 1 aromatic heterocycles. The van der Waals surface area contributed by atoms with Gasteiger partial charge in [-0.25, -0.2) is 0 Å². The quantitative estimate of drug-likeness (QED) is 0.887. The Morgan fingerprint density at radius 2 is 1.81 bits per heavy atom. The third-order valence-corrected chi connectivity index (χ3v) is 3.61. The van der Waals surface area contributed by atoms with Crippen molar-refractivity contribution in [3.05, 3.63) is 46.4 Å². The largest absolute Gasteiger partial charge is 0.350 e. The fourth-order valence-corrected chi connectivity index (χ4v) is 2.35. The zero-order chi connectivity index (χ0) is 15.4. The van der Waals surface area contributed by atoms with Crippen LogP contribution in [0.15, 0.2) is 35.3 Å². The van der Waals surface area contributed by atoms with Gasteiger partial charge < -0.3 is 10.3 Å². The first-order chi connectivity index (χ1) is 9.99. The number of hydrogen-bond acceptors (Lipinski definition) is 2. The van der Waals surface area contributed by atoms with Crippen LogP contribution in [0.5, 0.6) is 0 Å². The van der Waals surface area contributed by atoms with Crippen LogP contribution in [-0.4, -0.2) is 16.9 Å². The number of rotatable bonds is 5. The van der Waals surface area contributed by atoms with Gasteiger partial charge in [0.25, 0.3) is 11.5 Å². The van der Waals surface area contributed by atoms with Gasteiger partial charge in [-0.2, -0.15) is 0 Å². The van der Waals surface area contributed by atoms with E-state index in [1.165, 1.54) is 6.20 Å². The lowest BCUT2D eigenvalue weighted by Gasteiger charge is -2.15. The molecule has 1 aromatic carbocycles. The zero-order valence-corrected chi connectivity index (χ0v) is 12.8. The van der Waals surface area contributed by atoms with Gasteiger partial charge in [0, 0.05) is 23.0 Å². The number of amides is 1. The predicted molar refractivity (Wildman–Crippen MR) is 85.6 cm³/mol. The van der Waals surface area contributed by atoms with E-state index in [2.05, 4.69) is 24.1 Å². The number of pyridine rings is 1. The summed E-state index contributed by atoms with van der Waals surface area (Å²) in [5.41, 5.74) is 0.344. The number of nitrogens with one attached hydrogen (secondary N) is 2. The Morgan fingerprint density at radius 1 is 1.14 bits per heavy atom. The number of aromatic amines is 1. The highest BCUT2D eigenvalue weighted by molar-refractivity contribution is 6.06. The van der Waals surface area contributed by atoms with Crippen LogP contribution in [0.1, 0.15) is 44.0 Å². The fourth-order valence-electron chi connectivity index (χ4n) is 2.35. The highest BCUT2D eigenvalue weighted by Crippen LogP contribution is 2.15. The molecule has 0 aliphatic rings. The second kappa shape index (κ2) is 6.57. The van der Waals surface area contributed by atoms with Crippen LogP contribution in [0.4, 0.5) is 0 Å². The smallest absolute Gasteiger partial charge is 0.255 e. The van der Waals surface area contributed by atoms with Crippen molar-refractivity contribution < 1.29 is 4.79 Å². The zero-order valence-electron chi connectivity index (χ0n) is 12.8. The summed E-state index contributed by atoms with van der Waals surface area (Å²) in [6, 6.07) is 7.28. The molecule has 0 saturated heterocycles. The van der Waals surface area contributed by atoms with Crippen molar-refractivity contribution in [2.75, 3.05) is 0 Å². The standard InChI is InChI=1S/C17H22N2O2/c1-11(2)8-9-12(3)19-17(21)15-10-18-16(20)14-7-5-4-6-13(14)15/h4-7,10-12H,8-9H2,1-3H3,(H,18,20)(H,19,21). The lowest BCUT2D eigenvalue weighted by molar-refractivity contribution is 0.0938. The Labute approximate surface area is 124 Å². The second-order valence-electron chi connectivity index (χ2n) is 5.92. The molecule has 21 heavy (non-hydrogen) atoms. The van der Waals surface area contributed by atoms with Gasteiger partial charge in [0.1, 0.15) is 0 Å². The van der Waals surface area contributed by atoms with E-state index < -0.39 is 0 Å². The lowest BCUT2D eigenvalue weighted by atomic mass is 10.0. The molecule has 0 bridgehead atoms. The number of aromatic nitrogens is 1. The molecule has 0 aliphatic carbocycles. The molecule has 1 unspecified atom stereocenters. The Bertz CT molecular complexity index is 688. The average Bonchev–Trinajstić information content (AvgIpc) is 2.45. The van der Waals surface area contributed by atoms with Crippen LogP contribution in [0.25, 0.3) is 10.8 Å². The Hall–Kier alpha value is -2.10. The topological polar surface area (TPSA) is 62.0 Å². The van der Waals surface area contributed by atoms with Crippen LogP contribution in [0.2, 0.25) is 0 Å². The number of carbonyl (C=O) groups excluding carboxylic acids is 1. The molecule has 4 nitrogen and oxygen atoms in total. The SMILES string of the molecule is CC(C)CCC(C)NC(=O)c1c[nH]c(=O)c2ccccc12.